The number of nitrogens with zero attached hydrogens (tertiary/aromatic N) is 5. The summed E-state index contributed by atoms with van der Waals surface area (Å²) >= 11 is 5.95. The van der Waals surface area contributed by atoms with Crippen LogP contribution < -0.4 is 5.32 Å². The van der Waals surface area contributed by atoms with Crippen LogP contribution in [-0.2, 0) is 0 Å². The van der Waals surface area contributed by atoms with Crippen LogP contribution in [0.1, 0.15) is 10.4 Å². The first kappa shape index (κ1) is 15.6. The molecule has 10 heteroatoms. The zero-order valence-electron chi connectivity index (χ0n) is 12.0. The molecule has 2 aromatic carbocycles. The Morgan fingerprint density at radius 1 is 1.21 bits per heavy atom. The van der Waals surface area contributed by atoms with E-state index in [1.165, 1.54) is 23.1 Å². The topological polar surface area (TPSA) is 116 Å². The molecule has 0 unspecified atom stereocenters. The number of tetrazole rings is 1. The first-order chi connectivity index (χ1) is 11.5. The third kappa shape index (κ3) is 3.20. The number of hydrogen-bond donors (Lipinski definition) is 1. The first-order valence-electron chi connectivity index (χ1n) is 6.63. The van der Waals surface area contributed by atoms with Crippen LogP contribution in [0, 0.1) is 10.1 Å². The van der Waals surface area contributed by atoms with E-state index in [0.29, 0.717) is 11.4 Å². The Balaban J connectivity index is 1.80. The highest BCUT2D eigenvalue weighted by Gasteiger charge is 2.16. The quantitative estimate of drug-likeness (QED) is 0.574. The second-order valence-corrected chi connectivity index (χ2v) is 5.08. The van der Waals surface area contributed by atoms with E-state index in [9.17, 15) is 14.9 Å². The maximum atomic E-state index is 12.3. The SMILES string of the molecule is O=C(Nc1ccc(-n2cnnn2)cc1)c1cc([N+](=O)[O-])ccc1Cl. The van der Waals surface area contributed by atoms with Crippen molar-refractivity contribution in [3.05, 3.63) is 69.5 Å². The molecule has 9 nitrogen and oxygen atoms in total. The van der Waals surface area contributed by atoms with Crippen molar-refractivity contribution in [1.29, 1.82) is 0 Å². The summed E-state index contributed by atoms with van der Waals surface area (Å²) in [7, 11) is 0. The maximum absolute atomic E-state index is 12.3. The Morgan fingerprint density at radius 3 is 2.58 bits per heavy atom. The minimum atomic E-state index is -0.589. The summed E-state index contributed by atoms with van der Waals surface area (Å²) in [6.45, 7) is 0. The molecule has 0 aliphatic carbocycles. The highest BCUT2D eigenvalue weighted by atomic mass is 35.5. The van der Waals surface area contributed by atoms with E-state index in [-0.39, 0.29) is 16.3 Å². The van der Waals surface area contributed by atoms with Gasteiger partial charge >= 0.3 is 0 Å². The second-order valence-electron chi connectivity index (χ2n) is 4.68. The van der Waals surface area contributed by atoms with Crippen LogP contribution in [0.15, 0.2) is 48.8 Å². The van der Waals surface area contributed by atoms with Gasteiger partial charge in [-0.15, -0.1) is 5.10 Å². The predicted octanol–water partition coefficient (Wildman–Crippen LogP) is 2.48. The number of nitro benzene ring substituents is 1. The standard InChI is InChI=1S/C14H9ClN6O3/c15-13-6-5-11(21(23)24)7-12(13)14(22)17-9-1-3-10(4-2-9)20-8-16-18-19-20/h1-8H,(H,17,22). The molecular weight excluding hydrogens is 336 g/mol. The molecule has 1 N–H and O–H groups in total. The number of non-ortho nitro benzene ring substituents is 1. The number of halogens is 1. The maximum Gasteiger partial charge on any atom is 0.270 e. The third-order valence-electron chi connectivity index (χ3n) is 3.14. The van der Waals surface area contributed by atoms with E-state index in [1.807, 2.05) is 0 Å². The molecule has 0 atom stereocenters. The molecule has 0 fully saturated rings. The minimum absolute atomic E-state index is 0.0235. The van der Waals surface area contributed by atoms with Crippen molar-refractivity contribution in [2.45, 2.75) is 0 Å². The molecule has 1 aromatic heterocycles. The monoisotopic (exact) mass is 344 g/mol. The minimum Gasteiger partial charge on any atom is -0.322 e. The van der Waals surface area contributed by atoms with Crippen molar-refractivity contribution in [3.8, 4) is 5.69 Å². The Bertz CT molecular complexity index is 895. The molecule has 0 aliphatic heterocycles. The summed E-state index contributed by atoms with van der Waals surface area (Å²) in [5.41, 5.74) is 1.03. The Kier molecular flexibility index (Phi) is 4.17. The van der Waals surface area contributed by atoms with Gasteiger partial charge in [-0.2, -0.15) is 0 Å². The average Bonchev–Trinajstić information content (AvgIpc) is 3.10. The third-order valence-corrected chi connectivity index (χ3v) is 3.47. The summed E-state index contributed by atoms with van der Waals surface area (Å²) < 4.78 is 1.46. The van der Waals surface area contributed by atoms with Crippen molar-refractivity contribution in [2.24, 2.45) is 0 Å². The van der Waals surface area contributed by atoms with Gasteiger partial charge in [0.1, 0.15) is 6.33 Å². The molecule has 24 heavy (non-hydrogen) atoms. The van der Waals surface area contributed by atoms with Gasteiger partial charge in [-0.25, -0.2) is 4.68 Å². The lowest BCUT2D eigenvalue weighted by Crippen LogP contribution is -2.13. The van der Waals surface area contributed by atoms with Gasteiger partial charge in [0, 0.05) is 17.8 Å². The van der Waals surface area contributed by atoms with E-state index in [4.69, 9.17) is 11.6 Å². The molecule has 0 radical (unpaired) electrons. The highest BCUT2D eigenvalue weighted by molar-refractivity contribution is 6.34. The van der Waals surface area contributed by atoms with Gasteiger partial charge in [0.25, 0.3) is 11.6 Å². The summed E-state index contributed by atoms with van der Waals surface area (Å²) in [6.07, 6.45) is 1.44. The van der Waals surface area contributed by atoms with Gasteiger partial charge in [-0.05, 0) is 40.8 Å². The molecule has 0 spiro atoms. The van der Waals surface area contributed by atoms with Crippen LogP contribution in [0.5, 0.6) is 0 Å². The number of anilines is 1. The van der Waals surface area contributed by atoms with Crippen LogP contribution in [0.25, 0.3) is 5.69 Å². The number of nitrogens with one attached hydrogen (secondary N) is 1. The van der Waals surface area contributed by atoms with Crippen molar-refractivity contribution in [3.63, 3.8) is 0 Å². The van der Waals surface area contributed by atoms with Crippen LogP contribution >= 0.6 is 11.6 Å². The number of hydrogen-bond acceptors (Lipinski definition) is 6. The smallest absolute Gasteiger partial charge is 0.270 e. The van der Waals surface area contributed by atoms with E-state index < -0.39 is 10.8 Å². The lowest BCUT2D eigenvalue weighted by Gasteiger charge is -2.07. The molecule has 120 valence electrons. The summed E-state index contributed by atoms with van der Waals surface area (Å²) in [6, 6.07) is 10.4. The fourth-order valence-corrected chi connectivity index (χ4v) is 2.18. The lowest BCUT2D eigenvalue weighted by atomic mass is 10.2. The summed E-state index contributed by atoms with van der Waals surface area (Å²) in [5.74, 6) is -0.543. The Morgan fingerprint density at radius 2 is 1.96 bits per heavy atom. The van der Waals surface area contributed by atoms with E-state index >= 15 is 0 Å². The van der Waals surface area contributed by atoms with Gasteiger partial charge in [-0.1, -0.05) is 11.6 Å². The number of carbonyl (C=O) groups excluding carboxylic acids is 1. The van der Waals surface area contributed by atoms with Crippen molar-refractivity contribution >= 4 is 28.9 Å². The van der Waals surface area contributed by atoms with Gasteiger partial charge in [-0.3, -0.25) is 14.9 Å². The largest absolute Gasteiger partial charge is 0.322 e. The highest BCUT2D eigenvalue weighted by Crippen LogP contribution is 2.23. The van der Waals surface area contributed by atoms with Crippen LogP contribution in [0.2, 0.25) is 5.02 Å². The molecule has 0 bridgehead atoms. The lowest BCUT2D eigenvalue weighted by molar-refractivity contribution is -0.384. The summed E-state index contributed by atoms with van der Waals surface area (Å²) in [5, 5.41) is 24.4. The van der Waals surface area contributed by atoms with Gasteiger partial charge in [0.2, 0.25) is 0 Å². The van der Waals surface area contributed by atoms with Crippen molar-refractivity contribution < 1.29 is 9.72 Å². The zero-order valence-corrected chi connectivity index (χ0v) is 12.7. The van der Waals surface area contributed by atoms with E-state index in [0.717, 1.165) is 6.07 Å². The molecule has 0 saturated heterocycles. The molecule has 1 heterocycles. The zero-order chi connectivity index (χ0) is 17.1. The predicted molar refractivity (Wildman–Crippen MR) is 85.2 cm³/mol. The van der Waals surface area contributed by atoms with Gasteiger partial charge < -0.3 is 5.32 Å². The van der Waals surface area contributed by atoms with E-state index in [2.05, 4.69) is 20.8 Å². The summed E-state index contributed by atoms with van der Waals surface area (Å²) in [4.78, 5) is 22.5. The number of nitro groups is 1. The van der Waals surface area contributed by atoms with Crippen LogP contribution in [-0.4, -0.2) is 31.0 Å². The normalized spacial score (nSPS) is 10.4. The molecule has 0 aliphatic rings. The van der Waals surface area contributed by atoms with Gasteiger partial charge in [0.05, 0.1) is 21.2 Å². The molecule has 3 aromatic rings. The molecule has 1 amide bonds. The fourth-order valence-electron chi connectivity index (χ4n) is 1.98. The second kappa shape index (κ2) is 6.42. The van der Waals surface area contributed by atoms with Crippen molar-refractivity contribution in [1.82, 2.24) is 20.2 Å². The Hall–Kier alpha value is -3.33. The van der Waals surface area contributed by atoms with Gasteiger partial charge in [0.15, 0.2) is 0 Å². The first-order valence-corrected chi connectivity index (χ1v) is 7.01. The van der Waals surface area contributed by atoms with Crippen LogP contribution in [0.4, 0.5) is 11.4 Å². The number of benzene rings is 2. The molecule has 0 saturated carbocycles. The molecule has 3 rings (SSSR count). The van der Waals surface area contributed by atoms with Crippen LogP contribution in [0.3, 0.4) is 0 Å². The fraction of sp³-hybridized carbons (Fsp3) is 0. The van der Waals surface area contributed by atoms with E-state index in [1.54, 1.807) is 24.3 Å². The number of amides is 1. The number of rotatable bonds is 4. The Labute approximate surface area is 140 Å². The average molecular weight is 345 g/mol. The number of carbonyl (C=O) groups is 1. The molecular formula is C14H9ClN6O3. The van der Waals surface area contributed by atoms with Crippen molar-refractivity contribution in [2.75, 3.05) is 5.32 Å². The number of aromatic nitrogens is 4.